The lowest BCUT2D eigenvalue weighted by Crippen LogP contribution is -2.10. The highest BCUT2D eigenvalue weighted by molar-refractivity contribution is 7.54. The number of hydrogen-bond acceptors (Lipinski definition) is 3. The molecule has 0 heterocycles. The Bertz CT molecular complexity index is 705. The predicted octanol–water partition coefficient (Wildman–Crippen LogP) is 6.06. The van der Waals surface area contributed by atoms with Crippen LogP contribution in [-0.4, -0.2) is 13.2 Å². The summed E-state index contributed by atoms with van der Waals surface area (Å²) >= 11 is 0. The van der Waals surface area contributed by atoms with E-state index in [4.69, 9.17) is 9.05 Å². The predicted molar refractivity (Wildman–Crippen MR) is 90.6 cm³/mol. The summed E-state index contributed by atoms with van der Waals surface area (Å²) in [5.74, 6) is 0. The van der Waals surface area contributed by atoms with E-state index in [1.54, 1.807) is 44.2 Å². The second-order valence-electron chi connectivity index (χ2n) is 5.31. The maximum absolute atomic E-state index is 13.3. The van der Waals surface area contributed by atoms with E-state index in [9.17, 15) is 17.7 Å². The fraction of sp³-hybridized carbons (Fsp3) is 0.333. The van der Waals surface area contributed by atoms with Gasteiger partial charge in [0.25, 0.3) is 0 Å². The van der Waals surface area contributed by atoms with Gasteiger partial charge in [0.05, 0.1) is 18.8 Å². The van der Waals surface area contributed by atoms with Gasteiger partial charge in [-0.3, -0.25) is 4.57 Å². The van der Waals surface area contributed by atoms with Crippen LogP contribution in [0.25, 0.3) is 0 Å². The minimum absolute atomic E-state index is 0.168. The molecule has 0 aromatic heterocycles. The smallest absolute Gasteiger partial charge is 0.308 e. The van der Waals surface area contributed by atoms with E-state index in [1.807, 2.05) is 0 Å². The first kappa shape index (κ1) is 19.7. The molecule has 0 saturated carbocycles. The molecule has 0 fully saturated rings. The van der Waals surface area contributed by atoms with E-state index in [1.165, 1.54) is 12.1 Å². The van der Waals surface area contributed by atoms with E-state index in [2.05, 4.69) is 0 Å². The molecule has 7 heteroatoms. The summed E-state index contributed by atoms with van der Waals surface area (Å²) in [5, 5.41) is 0. The van der Waals surface area contributed by atoms with Crippen LogP contribution in [0, 0.1) is 0 Å². The molecule has 25 heavy (non-hydrogen) atoms. The summed E-state index contributed by atoms with van der Waals surface area (Å²) in [6.45, 7) is 3.73. The Balaban J connectivity index is 2.54. The van der Waals surface area contributed by atoms with E-state index in [0.717, 1.165) is 12.1 Å². The van der Waals surface area contributed by atoms with Crippen LogP contribution >= 0.6 is 7.60 Å². The molecule has 136 valence electrons. The largest absolute Gasteiger partial charge is 0.416 e. The van der Waals surface area contributed by atoms with Crippen molar-refractivity contribution in [3.8, 4) is 0 Å². The normalized spacial score (nSPS) is 13.6. The van der Waals surface area contributed by atoms with Crippen LogP contribution in [0.2, 0.25) is 0 Å². The van der Waals surface area contributed by atoms with Gasteiger partial charge in [0.1, 0.15) is 5.66 Å². The van der Waals surface area contributed by atoms with Gasteiger partial charge in [0, 0.05) is 0 Å². The Kier molecular flexibility index (Phi) is 6.44. The first-order valence-corrected chi connectivity index (χ1v) is 9.54. The second-order valence-corrected chi connectivity index (χ2v) is 7.42. The van der Waals surface area contributed by atoms with Gasteiger partial charge >= 0.3 is 13.8 Å². The average molecular weight is 372 g/mol. The Morgan fingerprint density at radius 3 is 1.80 bits per heavy atom. The molecule has 1 unspecified atom stereocenters. The van der Waals surface area contributed by atoms with E-state index < -0.39 is 25.0 Å². The zero-order chi connectivity index (χ0) is 18.5. The van der Waals surface area contributed by atoms with Gasteiger partial charge in [-0.25, -0.2) is 0 Å². The zero-order valence-electron chi connectivity index (χ0n) is 14.0. The first-order chi connectivity index (χ1) is 11.8. The minimum Gasteiger partial charge on any atom is -0.308 e. The summed E-state index contributed by atoms with van der Waals surface area (Å²) in [6, 6.07) is 13.5. The molecule has 0 aliphatic rings. The third kappa shape index (κ3) is 4.72. The summed E-state index contributed by atoms with van der Waals surface area (Å²) < 4.78 is 62.7. The van der Waals surface area contributed by atoms with Crippen molar-refractivity contribution in [1.29, 1.82) is 0 Å². The lowest BCUT2D eigenvalue weighted by molar-refractivity contribution is -0.137. The van der Waals surface area contributed by atoms with Gasteiger partial charge in [-0.2, -0.15) is 13.2 Å². The van der Waals surface area contributed by atoms with Crippen LogP contribution in [0.4, 0.5) is 13.2 Å². The van der Waals surface area contributed by atoms with Crippen molar-refractivity contribution in [2.45, 2.75) is 25.7 Å². The molecular weight excluding hydrogens is 352 g/mol. The standard InChI is InChI=1S/C18H20F3O3P/c1-3-23-25(22,24-4-2)17(14-8-6-5-7-9-14)15-10-12-16(13-11-15)18(19,20)21/h5-13,17H,3-4H2,1-2H3. The van der Waals surface area contributed by atoms with Crippen molar-refractivity contribution < 1.29 is 26.8 Å². The van der Waals surface area contributed by atoms with Crippen LogP contribution in [0.1, 0.15) is 36.2 Å². The maximum atomic E-state index is 13.3. The Labute approximate surface area is 145 Å². The number of rotatable bonds is 7. The molecule has 0 spiro atoms. The van der Waals surface area contributed by atoms with Crippen molar-refractivity contribution in [1.82, 2.24) is 0 Å². The van der Waals surface area contributed by atoms with Crippen molar-refractivity contribution in [2.24, 2.45) is 0 Å². The summed E-state index contributed by atoms with van der Waals surface area (Å²) in [6.07, 6.45) is -4.43. The minimum atomic E-state index is -4.43. The Morgan fingerprint density at radius 2 is 1.36 bits per heavy atom. The molecule has 2 aromatic rings. The van der Waals surface area contributed by atoms with Gasteiger partial charge in [-0.1, -0.05) is 42.5 Å². The molecule has 0 saturated heterocycles. The zero-order valence-corrected chi connectivity index (χ0v) is 14.9. The molecule has 2 rings (SSSR count). The highest BCUT2D eigenvalue weighted by Gasteiger charge is 2.38. The molecular formula is C18H20F3O3P. The lowest BCUT2D eigenvalue weighted by atomic mass is 10.0. The van der Waals surface area contributed by atoms with Gasteiger partial charge in [-0.05, 0) is 37.1 Å². The fourth-order valence-electron chi connectivity index (χ4n) is 2.59. The van der Waals surface area contributed by atoms with Crippen LogP contribution in [0.5, 0.6) is 0 Å². The topological polar surface area (TPSA) is 35.5 Å². The Hall–Kier alpha value is -1.62. The molecule has 2 aromatic carbocycles. The highest BCUT2D eigenvalue weighted by Crippen LogP contribution is 2.63. The maximum Gasteiger partial charge on any atom is 0.416 e. The molecule has 0 aliphatic heterocycles. The highest BCUT2D eigenvalue weighted by atomic mass is 31.2. The molecule has 0 bridgehead atoms. The summed E-state index contributed by atoms with van der Waals surface area (Å²) in [5.41, 5.74) is -0.446. The van der Waals surface area contributed by atoms with Crippen molar-refractivity contribution in [3.63, 3.8) is 0 Å². The molecule has 0 N–H and O–H groups in total. The van der Waals surface area contributed by atoms with Crippen LogP contribution in [-0.2, 0) is 19.8 Å². The summed E-state index contributed by atoms with van der Waals surface area (Å²) in [7, 11) is -3.61. The molecule has 1 atom stereocenters. The molecule has 0 radical (unpaired) electrons. The number of benzene rings is 2. The third-order valence-electron chi connectivity index (χ3n) is 3.60. The summed E-state index contributed by atoms with van der Waals surface area (Å²) in [4.78, 5) is 0. The monoisotopic (exact) mass is 372 g/mol. The number of alkyl halides is 3. The third-order valence-corrected chi connectivity index (χ3v) is 6.07. The van der Waals surface area contributed by atoms with Gasteiger partial charge in [0.15, 0.2) is 0 Å². The van der Waals surface area contributed by atoms with Gasteiger partial charge in [-0.15, -0.1) is 0 Å². The fourth-order valence-corrected chi connectivity index (χ4v) is 4.76. The van der Waals surface area contributed by atoms with E-state index >= 15 is 0 Å². The van der Waals surface area contributed by atoms with Gasteiger partial charge < -0.3 is 9.05 Å². The van der Waals surface area contributed by atoms with Crippen LogP contribution < -0.4 is 0 Å². The first-order valence-electron chi connectivity index (χ1n) is 7.92. The molecule has 0 aliphatic carbocycles. The van der Waals surface area contributed by atoms with Crippen LogP contribution in [0.3, 0.4) is 0 Å². The van der Waals surface area contributed by atoms with E-state index in [0.29, 0.717) is 11.1 Å². The SMILES string of the molecule is CCOP(=O)(OCC)C(c1ccccc1)c1ccc(C(F)(F)F)cc1. The number of halogens is 3. The number of hydrogen-bond donors (Lipinski definition) is 0. The quantitative estimate of drug-likeness (QED) is 0.554. The average Bonchev–Trinajstić information content (AvgIpc) is 2.56. The van der Waals surface area contributed by atoms with E-state index in [-0.39, 0.29) is 13.2 Å². The second kappa shape index (κ2) is 8.17. The van der Waals surface area contributed by atoms with Crippen molar-refractivity contribution in [2.75, 3.05) is 13.2 Å². The lowest BCUT2D eigenvalue weighted by Gasteiger charge is -2.27. The van der Waals surface area contributed by atoms with Gasteiger partial charge in [0.2, 0.25) is 0 Å². The van der Waals surface area contributed by atoms with Crippen LogP contribution in [0.15, 0.2) is 54.6 Å². The molecule has 3 nitrogen and oxygen atoms in total. The molecule has 0 amide bonds. The van der Waals surface area contributed by atoms with Crippen molar-refractivity contribution >= 4 is 7.60 Å². The van der Waals surface area contributed by atoms with Crippen molar-refractivity contribution in [3.05, 3.63) is 71.3 Å². The Morgan fingerprint density at radius 1 is 0.880 bits per heavy atom.